The summed E-state index contributed by atoms with van der Waals surface area (Å²) in [7, 11) is 0. The summed E-state index contributed by atoms with van der Waals surface area (Å²) in [5.41, 5.74) is 9.80. The number of benzene rings is 2. The van der Waals surface area contributed by atoms with Gasteiger partial charge < -0.3 is 10.7 Å². The lowest BCUT2D eigenvalue weighted by molar-refractivity contribution is 1.08. The summed E-state index contributed by atoms with van der Waals surface area (Å²) < 4.78 is 0. The predicted molar refractivity (Wildman–Crippen MR) is 86.2 cm³/mol. The number of thioether (sulfide) groups is 1. The average Bonchev–Trinajstić information content (AvgIpc) is 2.87. The Hall–Kier alpha value is -2.16. The molecule has 0 radical (unpaired) electrons. The largest absolute Gasteiger partial charge is 0.399 e. The highest BCUT2D eigenvalue weighted by Crippen LogP contribution is 2.27. The molecule has 2 aromatic carbocycles. The van der Waals surface area contributed by atoms with Gasteiger partial charge >= 0.3 is 0 Å². The second-order valence-corrected chi connectivity index (χ2v) is 5.90. The summed E-state index contributed by atoms with van der Waals surface area (Å²) in [5, 5.41) is 10.2. The SMILES string of the molecule is N#Cc1ccc(CSc2nc3ccc(N)cc3[nH]2)c(Cl)c1. The zero-order valence-corrected chi connectivity index (χ0v) is 12.5. The van der Waals surface area contributed by atoms with E-state index < -0.39 is 0 Å². The molecule has 104 valence electrons. The number of H-pyrrole nitrogens is 1. The molecule has 6 heteroatoms. The first-order chi connectivity index (χ1) is 10.2. The van der Waals surface area contributed by atoms with E-state index in [1.54, 1.807) is 23.9 Å². The molecule has 1 heterocycles. The first kappa shape index (κ1) is 13.8. The third kappa shape index (κ3) is 2.97. The van der Waals surface area contributed by atoms with Crippen molar-refractivity contribution in [2.24, 2.45) is 0 Å². The molecule has 0 atom stereocenters. The van der Waals surface area contributed by atoms with Crippen LogP contribution in [-0.4, -0.2) is 9.97 Å². The van der Waals surface area contributed by atoms with Crippen molar-refractivity contribution < 1.29 is 0 Å². The summed E-state index contributed by atoms with van der Waals surface area (Å²) >= 11 is 7.72. The number of hydrogen-bond donors (Lipinski definition) is 2. The summed E-state index contributed by atoms with van der Waals surface area (Å²) in [4.78, 5) is 7.71. The maximum Gasteiger partial charge on any atom is 0.166 e. The second-order valence-electron chi connectivity index (χ2n) is 4.53. The van der Waals surface area contributed by atoms with Gasteiger partial charge in [0.15, 0.2) is 5.16 Å². The number of nitrogen functional groups attached to an aromatic ring is 1. The van der Waals surface area contributed by atoms with E-state index in [1.807, 2.05) is 24.3 Å². The molecule has 4 nitrogen and oxygen atoms in total. The second kappa shape index (κ2) is 5.68. The average molecular weight is 315 g/mol. The first-order valence-corrected chi connectivity index (χ1v) is 7.58. The fourth-order valence-corrected chi connectivity index (χ4v) is 3.17. The van der Waals surface area contributed by atoms with Crippen molar-refractivity contribution in [3.63, 3.8) is 0 Å². The molecular weight excluding hydrogens is 304 g/mol. The Morgan fingerprint density at radius 3 is 2.90 bits per heavy atom. The lowest BCUT2D eigenvalue weighted by atomic mass is 10.2. The number of anilines is 1. The topological polar surface area (TPSA) is 78.5 Å². The molecule has 0 unspecified atom stereocenters. The molecule has 3 rings (SSSR count). The van der Waals surface area contributed by atoms with Crippen LogP contribution in [0.5, 0.6) is 0 Å². The number of nitrogens with one attached hydrogen (secondary N) is 1. The Balaban J connectivity index is 1.78. The van der Waals surface area contributed by atoms with Crippen LogP contribution >= 0.6 is 23.4 Å². The van der Waals surface area contributed by atoms with Crippen molar-refractivity contribution in [2.45, 2.75) is 10.9 Å². The van der Waals surface area contributed by atoms with Gasteiger partial charge in [0.2, 0.25) is 0 Å². The summed E-state index contributed by atoms with van der Waals surface area (Å²) in [6.45, 7) is 0. The number of nitrogens with two attached hydrogens (primary N) is 1. The molecule has 3 aromatic rings. The van der Waals surface area contributed by atoms with Gasteiger partial charge in [-0.05, 0) is 35.9 Å². The van der Waals surface area contributed by atoms with Crippen molar-refractivity contribution >= 4 is 40.1 Å². The summed E-state index contributed by atoms with van der Waals surface area (Å²) in [5.74, 6) is 0.680. The fraction of sp³-hybridized carbons (Fsp3) is 0.0667. The third-order valence-corrected chi connectivity index (χ3v) is 4.30. The Labute approximate surface area is 130 Å². The van der Waals surface area contributed by atoms with Crippen LogP contribution < -0.4 is 5.73 Å². The normalized spacial score (nSPS) is 10.7. The van der Waals surface area contributed by atoms with E-state index in [9.17, 15) is 0 Å². The van der Waals surface area contributed by atoms with Crippen LogP contribution in [0.15, 0.2) is 41.6 Å². The van der Waals surface area contributed by atoms with Gasteiger partial charge in [0.05, 0.1) is 22.7 Å². The number of aromatic amines is 1. The predicted octanol–water partition coefficient (Wildman–Crippen LogP) is 3.96. The molecule has 0 saturated heterocycles. The van der Waals surface area contributed by atoms with Crippen LogP contribution in [0.3, 0.4) is 0 Å². The van der Waals surface area contributed by atoms with Gasteiger partial charge in [-0.15, -0.1) is 0 Å². The maximum absolute atomic E-state index is 8.82. The lowest BCUT2D eigenvalue weighted by Gasteiger charge is -2.02. The number of nitrogens with zero attached hydrogens (tertiary/aromatic N) is 2. The number of aromatic nitrogens is 2. The number of nitriles is 1. The smallest absolute Gasteiger partial charge is 0.166 e. The molecule has 0 aliphatic heterocycles. The van der Waals surface area contributed by atoms with Crippen LogP contribution in [0.1, 0.15) is 11.1 Å². The standard InChI is InChI=1S/C15H11ClN4S/c16-12-5-9(7-17)1-2-10(12)8-21-15-19-13-4-3-11(18)6-14(13)20-15/h1-6H,8,18H2,(H,19,20). The number of rotatable bonds is 3. The van der Waals surface area contributed by atoms with E-state index >= 15 is 0 Å². The van der Waals surface area contributed by atoms with Gasteiger partial charge in [-0.2, -0.15) is 5.26 Å². The van der Waals surface area contributed by atoms with Gasteiger partial charge in [-0.1, -0.05) is 29.4 Å². The molecule has 21 heavy (non-hydrogen) atoms. The summed E-state index contributed by atoms with van der Waals surface area (Å²) in [6, 6.07) is 13.0. The number of hydrogen-bond acceptors (Lipinski definition) is 4. The molecule has 0 amide bonds. The van der Waals surface area contributed by atoms with E-state index in [2.05, 4.69) is 16.0 Å². The zero-order chi connectivity index (χ0) is 14.8. The highest BCUT2D eigenvalue weighted by molar-refractivity contribution is 7.98. The number of halogens is 1. The molecule has 1 aromatic heterocycles. The molecule has 0 spiro atoms. The molecule has 0 saturated carbocycles. The molecule has 0 aliphatic carbocycles. The van der Waals surface area contributed by atoms with E-state index in [-0.39, 0.29) is 0 Å². The highest BCUT2D eigenvalue weighted by atomic mass is 35.5. The van der Waals surface area contributed by atoms with Crippen LogP contribution in [0.2, 0.25) is 5.02 Å². The minimum atomic E-state index is 0.563. The van der Waals surface area contributed by atoms with Gasteiger partial charge in [-0.25, -0.2) is 4.98 Å². The van der Waals surface area contributed by atoms with Crippen LogP contribution in [0.25, 0.3) is 11.0 Å². The van der Waals surface area contributed by atoms with Crippen molar-refractivity contribution in [1.82, 2.24) is 9.97 Å². The lowest BCUT2D eigenvalue weighted by Crippen LogP contribution is -1.85. The monoisotopic (exact) mass is 314 g/mol. The molecular formula is C15H11ClN4S. The first-order valence-electron chi connectivity index (χ1n) is 6.22. The van der Waals surface area contributed by atoms with Gasteiger partial charge in [0, 0.05) is 16.5 Å². The summed E-state index contributed by atoms with van der Waals surface area (Å²) in [6.07, 6.45) is 0. The molecule has 0 aliphatic rings. The fourth-order valence-electron chi connectivity index (χ4n) is 1.95. The number of imidazole rings is 1. The van der Waals surface area contributed by atoms with E-state index in [0.717, 1.165) is 21.8 Å². The van der Waals surface area contributed by atoms with Crippen LogP contribution in [-0.2, 0) is 5.75 Å². The van der Waals surface area contributed by atoms with Crippen molar-refractivity contribution in [1.29, 1.82) is 5.26 Å². The van der Waals surface area contributed by atoms with Crippen molar-refractivity contribution in [3.05, 3.63) is 52.5 Å². The Kier molecular flexibility index (Phi) is 3.74. The minimum Gasteiger partial charge on any atom is -0.399 e. The van der Waals surface area contributed by atoms with Crippen LogP contribution in [0.4, 0.5) is 5.69 Å². The van der Waals surface area contributed by atoms with E-state index in [0.29, 0.717) is 22.0 Å². The molecule has 3 N–H and O–H groups in total. The third-order valence-electron chi connectivity index (χ3n) is 3.03. The number of fused-ring (bicyclic) bond motifs is 1. The van der Waals surface area contributed by atoms with Crippen molar-refractivity contribution in [3.8, 4) is 6.07 Å². The Morgan fingerprint density at radius 1 is 1.29 bits per heavy atom. The van der Waals surface area contributed by atoms with E-state index in [4.69, 9.17) is 22.6 Å². The maximum atomic E-state index is 8.82. The van der Waals surface area contributed by atoms with Crippen molar-refractivity contribution in [2.75, 3.05) is 5.73 Å². The van der Waals surface area contributed by atoms with E-state index in [1.165, 1.54) is 0 Å². The van der Waals surface area contributed by atoms with Gasteiger partial charge in [-0.3, -0.25) is 0 Å². The highest BCUT2D eigenvalue weighted by Gasteiger charge is 2.07. The molecule has 0 bridgehead atoms. The zero-order valence-electron chi connectivity index (χ0n) is 10.9. The Morgan fingerprint density at radius 2 is 2.14 bits per heavy atom. The Bertz CT molecular complexity index is 850. The molecule has 0 fully saturated rings. The van der Waals surface area contributed by atoms with Crippen LogP contribution in [0, 0.1) is 11.3 Å². The van der Waals surface area contributed by atoms with Gasteiger partial charge in [0.1, 0.15) is 0 Å². The van der Waals surface area contributed by atoms with Gasteiger partial charge in [0.25, 0.3) is 0 Å². The minimum absolute atomic E-state index is 0.563. The quantitative estimate of drug-likeness (QED) is 0.566.